The zero-order valence-electron chi connectivity index (χ0n) is 17.9. The van der Waals surface area contributed by atoms with Crippen molar-refractivity contribution < 1.29 is 22.8 Å². The SMILES string of the molecule is NCCNC(=O)c1ccc(N=C(N)N=C(I)CC2=CCN(C(=O)CCC(F)(F)F)CC2)cc1. The summed E-state index contributed by atoms with van der Waals surface area (Å²) >= 11 is 2.05. The van der Waals surface area contributed by atoms with Crippen LogP contribution >= 0.6 is 22.6 Å². The predicted molar refractivity (Wildman–Crippen MR) is 130 cm³/mol. The molecule has 0 fully saturated rings. The molecule has 0 saturated heterocycles. The first-order chi connectivity index (χ1) is 15.6. The van der Waals surface area contributed by atoms with Gasteiger partial charge in [-0.25, -0.2) is 9.98 Å². The molecule has 1 aliphatic rings. The summed E-state index contributed by atoms with van der Waals surface area (Å²) in [4.78, 5) is 33.7. The summed E-state index contributed by atoms with van der Waals surface area (Å²) in [6.07, 6.45) is -3.05. The van der Waals surface area contributed by atoms with E-state index in [4.69, 9.17) is 11.5 Å². The Hall–Kier alpha value is -2.48. The highest BCUT2D eigenvalue weighted by Gasteiger charge is 2.29. The minimum absolute atomic E-state index is 0.0556. The van der Waals surface area contributed by atoms with E-state index < -0.39 is 24.9 Å². The van der Waals surface area contributed by atoms with E-state index in [2.05, 4.69) is 15.3 Å². The number of nitrogens with zero attached hydrogens (tertiary/aromatic N) is 3. The Balaban J connectivity index is 1.89. The van der Waals surface area contributed by atoms with Gasteiger partial charge in [0.05, 0.1) is 15.8 Å². The molecule has 12 heteroatoms. The van der Waals surface area contributed by atoms with Crippen LogP contribution in [-0.4, -0.2) is 58.7 Å². The molecule has 0 unspecified atom stereocenters. The van der Waals surface area contributed by atoms with Crippen molar-refractivity contribution in [3.8, 4) is 0 Å². The molecule has 0 radical (unpaired) electrons. The van der Waals surface area contributed by atoms with Gasteiger partial charge in [-0.3, -0.25) is 9.59 Å². The van der Waals surface area contributed by atoms with Gasteiger partial charge in [-0.15, -0.1) is 0 Å². The van der Waals surface area contributed by atoms with Gasteiger partial charge in [-0.2, -0.15) is 13.2 Å². The van der Waals surface area contributed by atoms with Crippen LogP contribution in [-0.2, 0) is 4.79 Å². The van der Waals surface area contributed by atoms with Crippen LogP contribution in [0.5, 0.6) is 0 Å². The van der Waals surface area contributed by atoms with E-state index in [1.165, 1.54) is 4.90 Å². The molecule has 33 heavy (non-hydrogen) atoms. The minimum atomic E-state index is -4.33. The predicted octanol–water partition coefficient (Wildman–Crippen LogP) is 3.05. The topological polar surface area (TPSA) is 126 Å². The van der Waals surface area contributed by atoms with Crippen molar-refractivity contribution in [1.82, 2.24) is 10.2 Å². The van der Waals surface area contributed by atoms with Crippen molar-refractivity contribution >= 4 is 49.8 Å². The standard InChI is InChI=1S/C21H26F3IN6O2/c22-21(23,24)8-5-18(32)31-11-6-14(7-12-31)13-17(25)30-20(27)29-16-3-1-15(2-4-16)19(33)28-10-9-26/h1-4,6H,5,7-13,26H2,(H2,27,29)(H,28,33). The third kappa shape index (κ3) is 9.90. The number of hydrogen-bond donors (Lipinski definition) is 3. The van der Waals surface area contributed by atoms with E-state index in [1.54, 1.807) is 24.3 Å². The number of carbonyl (C=O) groups excluding carboxylic acids is 2. The van der Waals surface area contributed by atoms with E-state index in [-0.39, 0.29) is 18.4 Å². The number of halogens is 4. The fraction of sp³-hybridized carbons (Fsp3) is 0.429. The van der Waals surface area contributed by atoms with Gasteiger partial charge in [-0.1, -0.05) is 11.6 Å². The number of benzene rings is 1. The highest BCUT2D eigenvalue weighted by Crippen LogP contribution is 2.23. The molecule has 1 aromatic rings. The van der Waals surface area contributed by atoms with Crippen LogP contribution in [0.4, 0.5) is 18.9 Å². The Bertz CT molecular complexity index is 929. The number of nitrogens with two attached hydrogens (primary N) is 2. The number of hydrogen-bond acceptors (Lipinski definition) is 4. The second-order valence-electron chi connectivity index (χ2n) is 7.29. The molecule has 1 aliphatic heterocycles. The van der Waals surface area contributed by atoms with Crippen LogP contribution < -0.4 is 16.8 Å². The highest BCUT2D eigenvalue weighted by atomic mass is 127. The van der Waals surface area contributed by atoms with E-state index in [0.717, 1.165) is 5.57 Å². The van der Waals surface area contributed by atoms with Crippen molar-refractivity contribution in [2.75, 3.05) is 26.2 Å². The normalized spacial score (nSPS) is 15.3. The molecule has 0 aliphatic carbocycles. The van der Waals surface area contributed by atoms with Crippen LogP contribution in [0, 0.1) is 0 Å². The van der Waals surface area contributed by atoms with E-state index in [9.17, 15) is 22.8 Å². The van der Waals surface area contributed by atoms with Crippen LogP contribution in [0.3, 0.4) is 0 Å². The van der Waals surface area contributed by atoms with Gasteiger partial charge in [0.15, 0.2) is 0 Å². The van der Waals surface area contributed by atoms with Crippen molar-refractivity contribution in [2.45, 2.75) is 31.9 Å². The maximum Gasteiger partial charge on any atom is 0.389 e. The summed E-state index contributed by atoms with van der Waals surface area (Å²) < 4.78 is 37.5. The molecule has 180 valence electrons. The van der Waals surface area contributed by atoms with E-state index in [1.807, 2.05) is 28.7 Å². The largest absolute Gasteiger partial charge is 0.389 e. The second kappa shape index (κ2) is 12.7. The van der Waals surface area contributed by atoms with E-state index in [0.29, 0.717) is 47.4 Å². The fourth-order valence-electron chi connectivity index (χ4n) is 2.99. The lowest BCUT2D eigenvalue weighted by Crippen LogP contribution is -2.35. The first kappa shape index (κ1) is 26.8. The van der Waals surface area contributed by atoms with Crippen LogP contribution in [0.25, 0.3) is 0 Å². The van der Waals surface area contributed by atoms with Crippen molar-refractivity contribution in [2.24, 2.45) is 21.5 Å². The molecule has 2 rings (SSSR count). The summed E-state index contributed by atoms with van der Waals surface area (Å²) in [5.41, 5.74) is 13.3. The molecular weight excluding hydrogens is 552 g/mol. The number of alkyl halides is 3. The van der Waals surface area contributed by atoms with Crippen LogP contribution in [0.15, 0.2) is 45.9 Å². The second-order valence-corrected chi connectivity index (χ2v) is 8.54. The number of carbonyl (C=O) groups is 2. The molecule has 0 spiro atoms. The maximum absolute atomic E-state index is 12.3. The zero-order valence-corrected chi connectivity index (χ0v) is 20.0. The van der Waals surface area contributed by atoms with Gasteiger partial charge in [0.2, 0.25) is 11.9 Å². The summed E-state index contributed by atoms with van der Waals surface area (Å²) in [7, 11) is 0. The van der Waals surface area contributed by atoms with Gasteiger partial charge in [0, 0.05) is 44.6 Å². The molecule has 8 nitrogen and oxygen atoms in total. The molecule has 0 saturated carbocycles. The lowest BCUT2D eigenvalue weighted by molar-refractivity contribution is -0.148. The average molecular weight is 578 g/mol. The summed E-state index contributed by atoms with van der Waals surface area (Å²) in [5, 5.41) is 2.68. The molecule has 5 N–H and O–H groups in total. The van der Waals surface area contributed by atoms with Gasteiger partial charge in [0.25, 0.3) is 5.91 Å². The lowest BCUT2D eigenvalue weighted by atomic mass is 10.0. The smallest absolute Gasteiger partial charge is 0.368 e. The maximum atomic E-state index is 12.3. The van der Waals surface area contributed by atoms with Crippen molar-refractivity contribution in [3.63, 3.8) is 0 Å². The molecular formula is C21H26F3IN6O2. The van der Waals surface area contributed by atoms with Crippen molar-refractivity contribution in [1.29, 1.82) is 0 Å². The quantitative estimate of drug-likeness (QED) is 0.190. The Morgan fingerprint density at radius 3 is 2.48 bits per heavy atom. The summed E-state index contributed by atoms with van der Waals surface area (Å²) in [6, 6.07) is 6.56. The summed E-state index contributed by atoms with van der Waals surface area (Å²) in [5.74, 6) is -0.664. The molecule has 0 aromatic heterocycles. The van der Waals surface area contributed by atoms with Gasteiger partial charge in [0.1, 0.15) is 0 Å². The fourth-order valence-corrected chi connectivity index (χ4v) is 3.73. The van der Waals surface area contributed by atoms with Gasteiger partial charge >= 0.3 is 6.18 Å². The Kier molecular flexibility index (Phi) is 10.3. The van der Waals surface area contributed by atoms with Crippen LogP contribution in [0.1, 0.15) is 36.0 Å². The lowest BCUT2D eigenvalue weighted by Gasteiger charge is -2.26. The highest BCUT2D eigenvalue weighted by molar-refractivity contribution is 14.1. The number of guanidine groups is 1. The molecule has 1 heterocycles. The average Bonchev–Trinajstić information content (AvgIpc) is 2.76. The number of rotatable bonds is 8. The Labute approximate surface area is 203 Å². The molecule has 0 bridgehead atoms. The first-order valence-corrected chi connectivity index (χ1v) is 11.3. The number of nitrogens with one attached hydrogen (secondary N) is 1. The minimum Gasteiger partial charge on any atom is -0.368 e. The summed E-state index contributed by atoms with van der Waals surface area (Å²) in [6.45, 7) is 1.41. The number of amides is 2. The van der Waals surface area contributed by atoms with Crippen molar-refractivity contribution in [3.05, 3.63) is 41.5 Å². The van der Waals surface area contributed by atoms with Gasteiger partial charge < -0.3 is 21.7 Å². The van der Waals surface area contributed by atoms with Gasteiger partial charge in [-0.05, 0) is 53.3 Å². The monoisotopic (exact) mass is 578 g/mol. The molecule has 2 amide bonds. The number of aliphatic imine (C=N–C) groups is 2. The van der Waals surface area contributed by atoms with Crippen LogP contribution in [0.2, 0.25) is 0 Å². The van der Waals surface area contributed by atoms with E-state index >= 15 is 0 Å². The molecule has 0 atom stereocenters. The zero-order chi connectivity index (χ0) is 24.4. The first-order valence-electron chi connectivity index (χ1n) is 10.3. The Morgan fingerprint density at radius 1 is 1.21 bits per heavy atom. The third-order valence-corrected chi connectivity index (χ3v) is 5.31. The molecule has 1 aromatic carbocycles. The Morgan fingerprint density at radius 2 is 1.91 bits per heavy atom. The third-order valence-electron chi connectivity index (χ3n) is 4.69.